The van der Waals surface area contributed by atoms with E-state index in [1.807, 2.05) is 13.0 Å². The molecule has 2 rings (SSSR count). The number of benzene rings is 1. The Kier molecular flexibility index (Phi) is 5.43. The van der Waals surface area contributed by atoms with E-state index >= 15 is 0 Å². The summed E-state index contributed by atoms with van der Waals surface area (Å²) in [6.45, 7) is 2.80. The molecule has 2 aromatic rings. The Morgan fingerprint density at radius 3 is 2.68 bits per heavy atom. The van der Waals surface area contributed by atoms with Gasteiger partial charge >= 0.3 is 0 Å². The van der Waals surface area contributed by atoms with Gasteiger partial charge in [0.1, 0.15) is 5.82 Å². The summed E-state index contributed by atoms with van der Waals surface area (Å²) in [5, 5.41) is 4.03. The first-order valence-electron chi connectivity index (χ1n) is 5.66. The van der Waals surface area contributed by atoms with Crippen molar-refractivity contribution in [2.24, 2.45) is 0 Å². The van der Waals surface area contributed by atoms with Crippen molar-refractivity contribution < 1.29 is 4.39 Å². The molecule has 1 aromatic carbocycles. The number of rotatable bonds is 4. The van der Waals surface area contributed by atoms with Crippen LogP contribution in [0.5, 0.6) is 0 Å². The number of halogens is 4. The molecule has 1 unspecified atom stereocenters. The van der Waals surface area contributed by atoms with Gasteiger partial charge in [-0.05, 0) is 52.3 Å². The Morgan fingerprint density at radius 1 is 1.37 bits per heavy atom. The lowest BCUT2D eigenvalue weighted by Crippen LogP contribution is -2.21. The van der Waals surface area contributed by atoms with Crippen LogP contribution in [0, 0.1) is 5.82 Å². The predicted octanol–water partition coefficient (Wildman–Crippen LogP) is 5.76. The van der Waals surface area contributed by atoms with Gasteiger partial charge in [0.05, 0.1) is 14.9 Å². The zero-order valence-electron chi connectivity index (χ0n) is 10.0. The van der Waals surface area contributed by atoms with E-state index in [2.05, 4.69) is 37.2 Å². The molecule has 0 bridgehead atoms. The van der Waals surface area contributed by atoms with Crippen molar-refractivity contribution in [2.45, 2.75) is 13.0 Å². The van der Waals surface area contributed by atoms with E-state index in [1.54, 1.807) is 23.5 Å². The molecule has 0 aliphatic heterocycles. The highest BCUT2D eigenvalue weighted by Gasteiger charge is 2.20. The summed E-state index contributed by atoms with van der Waals surface area (Å²) in [4.78, 5) is 1.05. The van der Waals surface area contributed by atoms with Crippen molar-refractivity contribution in [1.82, 2.24) is 5.32 Å². The summed E-state index contributed by atoms with van der Waals surface area (Å²) in [5.41, 5.74) is 0.868. The van der Waals surface area contributed by atoms with Gasteiger partial charge < -0.3 is 5.32 Å². The van der Waals surface area contributed by atoms with Crippen LogP contribution in [0.25, 0.3) is 0 Å². The van der Waals surface area contributed by atoms with Crippen LogP contribution in [-0.4, -0.2) is 6.54 Å². The van der Waals surface area contributed by atoms with Gasteiger partial charge in [-0.3, -0.25) is 0 Å². The van der Waals surface area contributed by atoms with Gasteiger partial charge in [0, 0.05) is 9.35 Å². The van der Waals surface area contributed by atoms with Crippen molar-refractivity contribution in [3.8, 4) is 0 Å². The van der Waals surface area contributed by atoms with Crippen molar-refractivity contribution in [1.29, 1.82) is 0 Å². The van der Waals surface area contributed by atoms with E-state index in [0.29, 0.717) is 5.02 Å². The molecule has 1 atom stereocenters. The van der Waals surface area contributed by atoms with Crippen molar-refractivity contribution >= 4 is 54.8 Å². The lowest BCUT2D eigenvalue weighted by molar-refractivity contribution is 0.605. The lowest BCUT2D eigenvalue weighted by Gasteiger charge is -2.18. The fourth-order valence-corrected chi connectivity index (χ4v) is 4.13. The van der Waals surface area contributed by atoms with Gasteiger partial charge in [-0.15, -0.1) is 11.3 Å². The second kappa shape index (κ2) is 6.68. The SMILES string of the molecule is CCNC(c1cc(Cl)c(Br)s1)c1cc(F)ccc1Br. The zero-order valence-corrected chi connectivity index (χ0v) is 14.8. The molecular weight excluding hydrogens is 416 g/mol. The monoisotopic (exact) mass is 425 g/mol. The van der Waals surface area contributed by atoms with Crippen molar-refractivity contribution in [3.63, 3.8) is 0 Å². The molecule has 19 heavy (non-hydrogen) atoms. The van der Waals surface area contributed by atoms with Gasteiger partial charge in [-0.2, -0.15) is 0 Å². The maximum atomic E-state index is 13.5. The normalized spacial score (nSPS) is 12.7. The van der Waals surface area contributed by atoms with Crippen molar-refractivity contribution in [2.75, 3.05) is 6.54 Å². The van der Waals surface area contributed by atoms with Crippen LogP contribution in [0.15, 0.2) is 32.5 Å². The molecule has 0 aliphatic rings. The Labute approximate surface area is 137 Å². The minimum atomic E-state index is -0.247. The Hall–Kier alpha value is 0.0600. The highest BCUT2D eigenvalue weighted by molar-refractivity contribution is 9.11. The molecule has 0 spiro atoms. The molecule has 0 saturated heterocycles. The number of hydrogen-bond acceptors (Lipinski definition) is 2. The molecule has 1 heterocycles. The van der Waals surface area contributed by atoms with E-state index in [0.717, 1.165) is 25.2 Å². The second-order valence-electron chi connectivity index (χ2n) is 3.93. The Morgan fingerprint density at radius 2 is 2.11 bits per heavy atom. The summed E-state index contributed by atoms with van der Waals surface area (Å²) >= 11 is 14.5. The summed E-state index contributed by atoms with van der Waals surface area (Å²) in [7, 11) is 0. The quantitative estimate of drug-likeness (QED) is 0.654. The topological polar surface area (TPSA) is 12.0 Å². The Balaban J connectivity index is 2.47. The first kappa shape index (κ1) is 15.4. The first-order chi connectivity index (χ1) is 9.02. The van der Waals surface area contributed by atoms with E-state index in [-0.39, 0.29) is 11.9 Å². The van der Waals surface area contributed by atoms with Crippen LogP contribution in [0.2, 0.25) is 5.02 Å². The van der Waals surface area contributed by atoms with Gasteiger partial charge in [0.2, 0.25) is 0 Å². The third kappa shape index (κ3) is 3.58. The molecule has 102 valence electrons. The standard InChI is InChI=1S/C13H11Br2ClFNS/c1-2-18-12(11-6-10(16)13(15)19-11)8-5-7(17)3-4-9(8)14/h3-6,12,18H,2H2,1H3. The largest absolute Gasteiger partial charge is 0.306 e. The van der Waals surface area contributed by atoms with E-state index in [4.69, 9.17) is 11.6 Å². The molecule has 1 nitrogen and oxygen atoms in total. The fraction of sp³-hybridized carbons (Fsp3) is 0.231. The second-order valence-corrected chi connectivity index (χ2v) is 7.59. The molecule has 1 aromatic heterocycles. The zero-order chi connectivity index (χ0) is 14.0. The van der Waals surface area contributed by atoms with E-state index < -0.39 is 0 Å². The minimum Gasteiger partial charge on any atom is -0.306 e. The maximum absolute atomic E-state index is 13.5. The van der Waals surface area contributed by atoms with Crippen LogP contribution < -0.4 is 5.32 Å². The average molecular weight is 428 g/mol. The maximum Gasteiger partial charge on any atom is 0.123 e. The molecule has 0 radical (unpaired) electrons. The van der Waals surface area contributed by atoms with Gasteiger partial charge in [-0.25, -0.2) is 4.39 Å². The van der Waals surface area contributed by atoms with Crippen LogP contribution in [0.1, 0.15) is 23.4 Å². The minimum absolute atomic E-state index is 0.0797. The summed E-state index contributed by atoms with van der Waals surface area (Å²) in [6.07, 6.45) is 0. The van der Waals surface area contributed by atoms with E-state index in [1.165, 1.54) is 6.07 Å². The van der Waals surface area contributed by atoms with Gasteiger partial charge in [-0.1, -0.05) is 34.5 Å². The number of hydrogen-bond donors (Lipinski definition) is 1. The Bertz CT molecular complexity index is 569. The van der Waals surface area contributed by atoms with Crippen LogP contribution in [0.4, 0.5) is 4.39 Å². The van der Waals surface area contributed by atoms with Crippen LogP contribution >= 0.6 is 54.8 Å². The smallest absolute Gasteiger partial charge is 0.123 e. The molecule has 6 heteroatoms. The molecule has 0 aliphatic carbocycles. The molecule has 0 saturated carbocycles. The van der Waals surface area contributed by atoms with Crippen LogP contribution in [-0.2, 0) is 0 Å². The highest BCUT2D eigenvalue weighted by Crippen LogP contribution is 2.39. The molecular formula is C13H11Br2ClFNS. The first-order valence-corrected chi connectivity index (χ1v) is 8.44. The number of nitrogens with one attached hydrogen (secondary N) is 1. The van der Waals surface area contributed by atoms with Crippen molar-refractivity contribution in [3.05, 3.63) is 53.8 Å². The van der Waals surface area contributed by atoms with E-state index in [9.17, 15) is 4.39 Å². The molecule has 0 fully saturated rings. The highest BCUT2D eigenvalue weighted by atomic mass is 79.9. The molecule has 0 amide bonds. The fourth-order valence-electron chi connectivity index (χ4n) is 1.81. The molecule has 1 N–H and O–H groups in total. The predicted molar refractivity (Wildman–Crippen MR) is 86.6 cm³/mol. The average Bonchev–Trinajstić information content (AvgIpc) is 2.70. The summed E-state index contributed by atoms with van der Waals surface area (Å²) in [6, 6.07) is 6.52. The lowest BCUT2D eigenvalue weighted by atomic mass is 10.1. The third-order valence-corrected chi connectivity index (χ3v) is 5.89. The summed E-state index contributed by atoms with van der Waals surface area (Å²) in [5.74, 6) is -0.247. The van der Waals surface area contributed by atoms with Crippen LogP contribution in [0.3, 0.4) is 0 Å². The van der Waals surface area contributed by atoms with Gasteiger partial charge in [0.25, 0.3) is 0 Å². The van der Waals surface area contributed by atoms with Gasteiger partial charge in [0.15, 0.2) is 0 Å². The summed E-state index contributed by atoms with van der Waals surface area (Å²) < 4.78 is 15.2. The third-order valence-electron chi connectivity index (χ3n) is 2.63. The number of thiophene rings is 1.